The Balaban J connectivity index is 0. The van der Waals surface area contributed by atoms with Crippen LogP contribution in [0.2, 0.25) is 0 Å². The smallest absolute Gasteiger partial charge is 0.0947 e. The molecule has 4 nitrogen and oxygen atoms in total. The van der Waals surface area contributed by atoms with Crippen molar-refractivity contribution >= 4 is 27.4 Å². The van der Waals surface area contributed by atoms with Gasteiger partial charge in [0.1, 0.15) is 0 Å². The molecule has 4 aliphatic heterocycles. The summed E-state index contributed by atoms with van der Waals surface area (Å²) in [6, 6.07) is 20.0. The number of allylic oxidation sites excluding steroid dienone is 2. The van der Waals surface area contributed by atoms with E-state index in [0.717, 1.165) is 48.7 Å². The van der Waals surface area contributed by atoms with Gasteiger partial charge in [0.2, 0.25) is 0 Å². The first kappa shape index (κ1) is 43.3. The van der Waals surface area contributed by atoms with E-state index in [0.29, 0.717) is 0 Å². The minimum Gasteiger partial charge on any atom is -0.451 e. The molecule has 2 fully saturated rings. The average molecular weight is 712 g/mol. The molecule has 2 saturated heterocycles. The van der Waals surface area contributed by atoms with Crippen LogP contribution in [-0.2, 0) is 76.3 Å². The first-order valence-electron chi connectivity index (χ1n) is 14.0. The molecule has 2 atom stereocenters. The summed E-state index contributed by atoms with van der Waals surface area (Å²) in [5.41, 5.74) is 2.78. The molecule has 4 heterocycles. The minimum atomic E-state index is -0.804. The number of hydrogen-bond acceptors (Lipinski definition) is 4. The summed E-state index contributed by atoms with van der Waals surface area (Å²) in [4.78, 5) is 13.7. The van der Waals surface area contributed by atoms with Gasteiger partial charge in [-0.3, -0.25) is 0 Å². The van der Waals surface area contributed by atoms with Crippen molar-refractivity contribution in [2.24, 2.45) is 9.98 Å². The Morgan fingerprint density at radius 2 is 0.929 bits per heavy atom. The van der Waals surface area contributed by atoms with Gasteiger partial charge < -0.3 is 31.9 Å². The zero-order chi connectivity index (χ0) is 27.8. The van der Waals surface area contributed by atoms with Gasteiger partial charge in [-0.05, 0) is 39.5 Å². The Hall–Kier alpha value is -0.802. The summed E-state index contributed by atoms with van der Waals surface area (Å²) in [7, 11) is 12.8. The van der Waals surface area contributed by atoms with Gasteiger partial charge >= 0.3 is 0 Å². The van der Waals surface area contributed by atoms with E-state index in [2.05, 4.69) is 31.9 Å². The Morgan fingerprint density at radius 1 is 0.619 bits per heavy atom. The van der Waals surface area contributed by atoms with Gasteiger partial charge in [-0.15, -0.1) is 0 Å². The predicted octanol–water partition coefficient (Wildman–Crippen LogP) is 7.77. The van der Waals surface area contributed by atoms with Crippen LogP contribution in [0.5, 0.6) is 0 Å². The fourth-order valence-corrected chi connectivity index (χ4v) is 5.11. The van der Waals surface area contributed by atoms with E-state index in [1.807, 2.05) is 102 Å². The van der Waals surface area contributed by atoms with Crippen LogP contribution in [0, 0.1) is 12.2 Å². The van der Waals surface area contributed by atoms with E-state index in [9.17, 15) is 0 Å². The van der Waals surface area contributed by atoms with Crippen molar-refractivity contribution in [3.8, 4) is 0 Å². The molecule has 0 spiro atoms. The maximum Gasteiger partial charge on any atom is 0.0947 e. The summed E-state index contributed by atoms with van der Waals surface area (Å²) >= 11 is 0. The molecule has 0 N–H and O–H groups in total. The third kappa shape index (κ3) is 10.1. The van der Waals surface area contributed by atoms with Crippen LogP contribution >= 0.6 is 0 Å². The molecule has 42 heavy (non-hydrogen) atoms. The van der Waals surface area contributed by atoms with E-state index >= 15 is 0 Å². The molecular weight excluding hydrogens is 664 g/mol. The second kappa shape index (κ2) is 20.3. The molecule has 2 aromatic carbocycles. The molecule has 0 saturated carbocycles. The van der Waals surface area contributed by atoms with Gasteiger partial charge in [0.25, 0.3) is 0 Å². The second-order valence-electron chi connectivity index (χ2n) is 9.24. The van der Waals surface area contributed by atoms with Crippen molar-refractivity contribution in [3.63, 3.8) is 0 Å². The molecule has 0 bridgehead atoms. The Bertz CT molecular complexity index is 1090. The van der Waals surface area contributed by atoms with E-state index in [-0.39, 0.29) is 80.3 Å². The van der Waals surface area contributed by atoms with Crippen molar-refractivity contribution in [3.05, 3.63) is 95.3 Å². The number of amidine groups is 2. The minimum absolute atomic E-state index is 0. The zero-order valence-corrected chi connectivity index (χ0v) is 30.8. The van der Waals surface area contributed by atoms with Crippen molar-refractivity contribution in [2.45, 2.75) is 93.0 Å². The SMILES string of the molecule is C.C.CC.CC.[B]C1(c2ccccc2)[C-]=C2CCCN2C(C)=N1.[B]C1(c2ccccc2)[C-]=C2CCCN2C(C)=N1.[Y].[Y]. The normalized spacial score (nSPS) is 22.5. The molecule has 2 unspecified atom stereocenters. The van der Waals surface area contributed by atoms with Crippen molar-refractivity contribution in [1.29, 1.82) is 0 Å². The van der Waals surface area contributed by atoms with E-state index < -0.39 is 10.9 Å². The molecule has 2 aromatic rings. The molecule has 8 heteroatoms. The Labute approximate surface area is 311 Å². The first-order chi connectivity index (χ1) is 18.4. The van der Waals surface area contributed by atoms with Gasteiger partial charge in [-0.1, -0.05) is 125 Å². The molecule has 4 aliphatic rings. The van der Waals surface area contributed by atoms with Crippen LogP contribution in [0.25, 0.3) is 0 Å². The van der Waals surface area contributed by atoms with Gasteiger partial charge in [0.15, 0.2) is 0 Å². The van der Waals surface area contributed by atoms with Crippen molar-refractivity contribution in [2.75, 3.05) is 13.1 Å². The number of benzene rings is 2. The standard InChI is InChI=1S/2C14H14BN2.2C2H6.2CH4.2Y/c2*1-11-16-14(15,12-6-3-2-4-7-12)10-13-8-5-9-17(11)13;2*1-2;;;;/h2*2-4,6-7H,5,8-9H2,1H3;2*1-2H3;2*1H4;;/q2*-1;;;;;;. The molecule has 6 rings (SSSR count). The summed E-state index contributed by atoms with van der Waals surface area (Å²) in [6.45, 7) is 14.1. The second-order valence-corrected chi connectivity index (χ2v) is 9.24. The molecule has 0 amide bonds. The monoisotopic (exact) mass is 712 g/mol. The maximum absolute atomic E-state index is 6.38. The summed E-state index contributed by atoms with van der Waals surface area (Å²) in [6.07, 6.45) is 11.2. The number of fused-ring (bicyclic) bond motifs is 2. The van der Waals surface area contributed by atoms with Gasteiger partial charge in [0, 0.05) is 78.5 Å². The van der Waals surface area contributed by atoms with E-state index in [4.69, 9.17) is 15.7 Å². The Kier molecular flexibility index (Phi) is 20.9. The third-order valence-corrected chi connectivity index (χ3v) is 6.80. The Morgan fingerprint density at radius 3 is 1.24 bits per heavy atom. The van der Waals surface area contributed by atoms with Crippen molar-refractivity contribution < 1.29 is 65.4 Å². The zero-order valence-electron chi connectivity index (χ0n) is 25.1. The molecular formula is C34H48B2N4Y2-2. The van der Waals surface area contributed by atoms with Gasteiger partial charge in [-0.25, -0.2) is 0 Å². The number of hydrogen-bond donors (Lipinski definition) is 0. The van der Waals surface area contributed by atoms with E-state index in [1.165, 1.54) is 24.2 Å². The van der Waals surface area contributed by atoms with Crippen LogP contribution in [0.1, 0.15) is 93.2 Å². The number of nitrogens with zero attached hydrogens (tertiary/aromatic N) is 4. The van der Waals surface area contributed by atoms with Crippen LogP contribution in [0.4, 0.5) is 0 Å². The summed E-state index contributed by atoms with van der Waals surface area (Å²) < 4.78 is 0. The molecule has 0 aromatic heterocycles. The van der Waals surface area contributed by atoms with Crippen LogP contribution in [0.3, 0.4) is 0 Å². The molecule has 218 valence electrons. The fourth-order valence-electron chi connectivity index (χ4n) is 5.11. The molecule has 0 aliphatic carbocycles. The van der Waals surface area contributed by atoms with Crippen LogP contribution < -0.4 is 0 Å². The van der Waals surface area contributed by atoms with Crippen molar-refractivity contribution in [1.82, 2.24) is 9.80 Å². The summed E-state index contributed by atoms with van der Waals surface area (Å²) in [5.74, 6) is 2.00. The third-order valence-electron chi connectivity index (χ3n) is 6.80. The van der Waals surface area contributed by atoms with Gasteiger partial charge in [0.05, 0.1) is 27.4 Å². The van der Waals surface area contributed by atoms with Gasteiger partial charge in [-0.2, -0.15) is 11.4 Å². The quantitative estimate of drug-likeness (QED) is 0.236. The fraction of sp³-hybridized carbons (Fsp3) is 0.471. The summed E-state index contributed by atoms with van der Waals surface area (Å²) in [5, 5.41) is 0. The number of aliphatic imine (C=N–C) groups is 2. The van der Waals surface area contributed by atoms with Crippen LogP contribution in [-0.4, -0.2) is 50.3 Å². The average Bonchev–Trinajstić information content (AvgIpc) is 3.62. The number of rotatable bonds is 2. The first-order valence-corrected chi connectivity index (χ1v) is 14.0. The predicted molar refractivity (Wildman–Crippen MR) is 176 cm³/mol. The molecule has 6 radical (unpaired) electrons. The topological polar surface area (TPSA) is 31.2 Å². The maximum atomic E-state index is 6.38. The van der Waals surface area contributed by atoms with E-state index in [1.54, 1.807) is 0 Å². The van der Waals surface area contributed by atoms with Crippen LogP contribution in [0.15, 0.2) is 82.0 Å². The largest absolute Gasteiger partial charge is 0.451 e.